The second-order valence-corrected chi connectivity index (χ2v) is 23.3. The summed E-state index contributed by atoms with van der Waals surface area (Å²) in [6, 6.07) is 91.7. The van der Waals surface area contributed by atoms with E-state index < -0.39 is 31.7 Å². The Hall–Kier alpha value is -4.52. The van der Waals surface area contributed by atoms with Crippen molar-refractivity contribution in [3.05, 3.63) is 243 Å². The van der Waals surface area contributed by atoms with Crippen LogP contribution in [0.4, 0.5) is 0 Å². The number of rotatable bonds is 16. The van der Waals surface area contributed by atoms with Crippen LogP contribution in [-0.2, 0) is 0 Å². The molecule has 0 saturated heterocycles. The molecular weight excluding hydrogens is 760 g/mol. The molecule has 8 rings (SSSR count). The zero-order valence-corrected chi connectivity index (χ0v) is 35.8. The second kappa shape index (κ2) is 19.8. The van der Waals surface area contributed by atoms with Gasteiger partial charge in [0.25, 0.3) is 0 Å². The van der Waals surface area contributed by atoms with E-state index in [0.717, 1.165) is 24.6 Å². The van der Waals surface area contributed by atoms with Crippen LogP contribution >= 0.6 is 31.7 Å². The molecule has 0 unspecified atom stereocenters. The predicted octanol–water partition coefficient (Wildman–Crippen LogP) is 10.5. The van der Waals surface area contributed by atoms with Crippen LogP contribution in [0.25, 0.3) is 0 Å². The topological polar surface area (TPSA) is 0 Å². The summed E-state index contributed by atoms with van der Waals surface area (Å²) < 4.78 is 0. The van der Waals surface area contributed by atoms with E-state index in [4.69, 9.17) is 0 Å². The van der Waals surface area contributed by atoms with Gasteiger partial charge in [-0.25, -0.2) is 0 Å². The van der Waals surface area contributed by atoms with Crippen molar-refractivity contribution in [1.29, 1.82) is 0 Å². The van der Waals surface area contributed by atoms with Gasteiger partial charge in [0.1, 0.15) is 0 Å². The van der Waals surface area contributed by atoms with Crippen molar-refractivity contribution in [3.63, 3.8) is 0 Å². The van der Waals surface area contributed by atoms with Crippen LogP contribution in [0.5, 0.6) is 0 Å². The summed E-state index contributed by atoms with van der Waals surface area (Å²) in [4.78, 5) is 0. The maximum atomic E-state index is 2.40. The van der Waals surface area contributed by atoms with Crippen LogP contribution in [0.15, 0.2) is 243 Å². The maximum absolute atomic E-state index is 2.40. The Morgan fingerprint density at radius 3 is 0.439 bits per heavy atom. The van der Waals surface area contributed by atoms with Crippen molar-refractivity contribution in [2.45, 2.75) is 0 Å². The van der Waals surface area contributed by atoms with E-state index in [9.17, 15) is 0 Å². The summed E-state index contributed by atoms with van der Waals surface area (Å²) in [6.45, 7) is 0. The van der Waals surface area contributed by atoms with Gasteiger partial charge in [-0.2, -0.15) is 0 Å². The standard InChI is InChI=1S/C53H48P4/c1-9-25-45(26-10-1)54(46-27-11-2-12-28-46)41-53(42-55(47-29-13-3-14-30-47)48-31-15-4-16-32-48,43-56(49-33-17-5-18-34-49)50-35-19-6-20-36-50)44-57(51-37-21-7-22-38-51)52-39-23-8-24-40-52/h1-40H,41-44H2. The Bertz CT molecular complexity index is 1840. The lowest BCUT2D eigenvalue weighted by atomic mass is 9.99. The third-order valence-corrected chi connectivity index (χ3v) is 21.8. The number of hydrogen-bond donors (Lipinski definition) is 0. The molecule has 0 aliphatic rings. The van der Waals surface area contributed by atoms with Crippen molar-refractivity contribution in [2.24, 2.45) is 5.41 Å². The van der Waals surface area contributed by atoms with Gasteiger partial charge in [-0.15, -0.1) is 0 Å². The minimum Gasteiger partial charge on any atom is -0.0622 e. The van der Waals surface area contributed by atoms with Crippen molar-refractivity contribution < 1.29 is 0 Å². The van der Waals surface area contributed by atoms with E-state index in [2.05, 4.69) is 243 Å². The molecule has 0 atom stereocenters. The highest BCUT2D eigenvalue weighted by molar-refractivity contribution is 7.76. The minimum atomic E-state index is -0.713. The lowest BCUT2D eigenvalue weighted by molar-refractivity contribution is 0.506. The van der Waals surface area contributed by atoms with Crippen LogP contribution in [0.1, 0.15) is 0 Å². The lowest BCUT2D eigenvalue weighted by Crippen LogP contribution is -2.42. The zero-order valence-electron chi connectivity index (χ0n) is 32.2. The van der Waals surface area contributed by atoms with Gasteiger partial charge in [0, 0.05) is 0 Å². The Labute approximate surface area is 345 Å². The highest BCUT2D eigenvalue weighted by Crippen LogP contribution is 2.56. The van der Waals surface area contributed by atoms with Crippen molar-refractivity contribution in [1.82, 2.24) is 0 Å². The molecule has 0 spiro atoms. The molecule has 280 valence electrons. The quantitative estimate of drug-likeness (QED) is 0.0853. The molecule has 8 aromatic rings. The fourth-order valence-corrected chi connectivity index (χ4v) is 19.8. The summed E-state index contributed by atoms with van der Waals surface area (Å²) in [7, 11) is -2.85. The fraction of sp³-hybridized carbons (Fsp3) is 0.0943. The monoisotopic (exact) mass is 808 g/mol. The lowest BCUT2D eigenvalue weighted by Gasteiger charge is -2.44. The van der Waals surface area contributed by atoms with E-state index in [1.165, 1.54) is 42.4 Å². The molecule has 4 heteroatoms. The second-order valence-electron chi connectivity index (χ2n) is 14.5. The first-order chi connectivity index (χ1) is 28.2. The van der Waals surface area contributed by atoms with E-state index >= 15 is 0 Å². The van der Waals surface area contributed by atoms with Crippen molar-refractivity contribution in [3.8, 4) is 0 Å². The van der Waals surface area contributed by atoms with Gasteiger partial charge in [-0.1, -0.05) is 243 Å². The molecule has 0 amide bonds. The highest BCUT2D eigenvalue weighted by atomic mass is 31.1. The van der Waals surface area contributed by atoms with Crippen LogP contribution in [0.3, 0.4) is 0 Å². The Morgan fingerprint density at radius 2 is 0.316 bits per heavy atom. The van der Waals surface area contributed by atoms with Gasteiger partial charge in [0.2, 0.25) is 0 Å². The van der Waals surface area contributed by atoms with Gasteiger partial charge in [-0.3, -0.25) is 0 Å². The molecule has 0 radical (unpaired) electrons. The molecule has 0 bridgehead atoms. The third kappa shape index (κ3) is 10.1. The summed E-state index contributed by atoms with van der Waals surface area (Å²) >= 11 is 0. The molecule has 0 aliphatic carbocycles. The highest BCUT2D eigenvalue weighted by Gasteiger charge is 2.42. The van der Waals surface area contributed by atoms with Gasteiger partial charge >= 0.3 is 0 Å². The van der Waals surface area contributed by atoms with Crippen LogP contribution in [0.2, 0.25) is 0 Å². The van der Waals surface area contributed by atoms with Crippen LogP contribution < -0.4 is 42.4 Å². The summed E-state index contributed by atoms with van der Waals surface area (Å²) in [5.74, 6) is 0. The Kier molecular flexibility index (Phi) is 13.6. The van der Waals surface area contributed by atoms with Gasteiger partial charge in [-0.05, 0) is 104 Å². The average molecular weight is 809 g/mol. The molecule has 0 heterocycles. The summed E-state index contributed by atoms with van der Waals surface area (Å²) in [6.07, 6.45) is 4.41. The van der Waals surface area contributed by atoms with E-state index in [1.807, 2.05) is 0 Å². The van der Waals surface area contributed by atoms with Gasteiger partial charge in [0.15, 0.2) is 0 Å². The predicted molar refractivity (Wildman–Crippen MR) is 258 cm³/mol. The number of benzene rings is 8. The Balaban J connectivity index is 1.40. The van der Waals surface area contributed by atoms with Gasteiger partial charge in [0.05, 0.1) is 0 Å². The van der Waals surface area contributed by atoms with Gasteiger partial charge < -0.3 is 0 Å². The van der Waals surface area contributed by atoms with Crippen LogP contribution in [0, 0.1) is 5.41 Å². The smallest absolute Gasteiger partial charge is 0.0117 e. The zero-order chi connectivity index (χ0) is 38.5. The molecule has 57 heavy (non-hydrogen) atoms. The SMILES string of the molecule is c1ccc(P(CC(CP(c2ccccc2)c2ccccc2)(CP(c2ccccc2)c2ccccc2)CP(c2ccccc2)c2ccccc2)c2ccccc2)cc1. The molecule has 0 nitrogen and oxygen atoms in total. The van der Waals surface area contributed by atoms with E-state index in [0.29, 0.717) is 0 Å². The molecule has 0 saturated carbocycles. The normalized spacial score (nSPS) is 11.7. The summed E-state index contributed by atoms with van der Waals surface area (Å²) in [5.41, 5.74) is -0.0659. The molecular formula is C53H48P4. The molecule has 0 fully saturated rings. The Morgan fingerprint density at radius 1 is 0.193 bits per heavy atom. The fourth-order valence-electron chi connectivity index (χ4n) is 7.83. The van der Waals surface area contributed by atoms with Crippen molar-refractivity contribution in [2.75, 3.05) is 24.6 Å². The molecule has 0 aromatic heterocycles. The molecule has 0 N–H and O–H groups in total. The molecule has 8 aromatic carbocycles. The number of hydrogen-bond acceptors (Lipinski definition) is 0. The maximum Gasteiger partial charge on any atom is -0.0117 e. The largest absolute Gasteiger partial charge is 0.0622 e. The molecule has 0 aliphatic heterocycles. The van der Waals surface area contributed by atoms with Crippen molar-refractivity contribution >= 4 is 74.1 Å². The first kappa shape index (κ1) is 39.3. The van der Waals surface area contributed by atoms with Crippen LogP contribution in [-0.4, -0.2) is 24.6 Å². The van der Waals surface area contributed by atoms with E-state index in [1.54, 1.807) is 0 Å². The third-order valence-electron chi connectivity index (χ3n) is 10.5. The average Bonchev–Trinajstić information content (AvgIpc) is 3.31. The first-order valence-electron chi connectivity index (χ1n) is 19.8. The van der Waals surface area contributed by atoms with E-state index in [-0.39, 0.29) is 5.41 Å². The minimum absolute atomic E-state index is 0.0659. The first-order valence-corrected chi connectivity index (χ1v) is 25.9. The summed E-state index contributed by atoms with van der Waals surface area (Å²) in [5, 5.41) is 11.7.